The van der Waals surface area contributed by atoms with Gasteiger partial charge in [-0.2, -0.15) is 5.10 Å². The normalized spacial score (nSPS) is 11.2. The summed E-state index contributed by atoms with van der Waals surface area (Å²) in [6.45, 7) is 2.56. The highest BCUT2D eigenvalue weighted by molar-refractivity contribution is 7.92. The smallest absolute Gasteiger partial charge is 0.265 e. The van der Waals surface area contributed by atoms with Gasteiger partial charge in [0.1, 0.15) is 4.90 Å². The summed E-state index contributed by atoms with van der Waals surface area (Å²) < 4.78 is 26.2. The van der Waals surface area contributed by atoms with E-state index in [2.05, 4.69) is 30.2 Å². The van der Waals surface area contributed by atoms with Crippen LogP contribution < -0.4 is 10.0 Å². The van der Waals surface area contributed by atoms with Crippen LogP contribution in [-0.2, 0) is 10.0 Å². The van der Waals surface area contributed by atoms with Crippen LogP contribution in [0.25, 0.3) is 0 Å². The standard InChI is InChI=1S/C9H12N6O2S/c1-2-10-9-11-5-8(6-12-9)18(16,17)15-7-3-13-14-4-7/h3-6,15H,2H2,1H3,(H,13,14)(H,10,11,12). The molecule has 0 unspecified atom stereocenters. The summed E-state index contributed by atoms with van der Waals surface area (Å²) >= 11 is 0. The fourth-order valence-corrected chi connectivity index (χ4v) is 2.15. The summed E-state index contributed by atoms with van der Waals surface area (Å²) in [5.41, 5.74) is 0.353. The van der Waals surface area contributed by atoms with Crippen molar-refractivity contribution in [2.45, 2.75) is 11.8 Å². The molecule has 0 aliphatic heterocycles. The molecule has 0 bridgehead atoms. The molecule has 18 heavy (non-hydrogen) atoms. The van der Waals surface area contributed by atoms with E-state index in [0.717, 1.165) is 0 Å². The van der Waals surface area contributed by atoms with Gasteiger partial charge in [-0.1, -0.05) is 0 Å². The van der Waals surface area contributed by atoms with Crippen LogP contribution in [0.1, 0.15) is 6.92 Å². The SMILES string of the molecule is CCNc1ncc(S(=O)(=O)Nc2cn[nH]c2)cn1. The molecule has 2 aromatic rings. The molecule has 0 fully saturated rings. The van der Waals surface area contributed by atoms with Gasteiger partial charge in [-0.3, -0.25) is 9.82 Å². The summed E-state index contributed by atoms with van der Waals surface area (Å²) in [6.07, 6.45) is 5.29. The third kappa shape index (κ3) is 2.74. The van der Waals surface area contributed by atoms with Gasteiger partial charge in [0.25, 0.3) is 10.0 Å². The number of H-pyrrole nitrogens is 1. The fourth-order valence-electron chi connectivity index (χ4n) is 1.23. The van der Waals surface area contributed by atoms with Crippen molar-refractivity contribution in [1.82, 2.24) is 20.2 Å². The Balaban J connectivity index is 2.19. The van der Waals surface area contributed by atoms with Gasteiger partial charge >= 0.3 is 0 Å². The maximum absolute atomic E-state index is 11.9. The molecule has 0 spiro atoms. The maximum atomic E-state index is 11.9. The van der Waals surface area contributed by atoms with Gasteiger partial charge in [-0.25, -0.2) is 18.4 Å². The number of nitrogens with one attached hydrogen (secondary N) is 3. The summed E-state index contributed by atoms with van der Waals surface area (Å²) in [5, 5.41) is 9.04. The van der Waals surface area contributed by atoms with E-state index in [1.807, 2.05) is 6.92 Å². The van der Waals surface area contributed by atoms with Gasteiger partial charge in [-0.05, 0) is 6.92 Å². The Morgan fingerprint density at radius 2 is 2.00 bits per heavy atom. The lowest BCUT2D eigenvalue weighted by molar-refractivity contribution is 0.600. The van der Waals surface area contributed by atoms with Gasteiger partial charge in [0, 0.05) is 12.7 Å². The van der Waals surface area contributed by atoms with Crippen LogP contribution in [0.2, 0.25) is 0 Å². The average Bonchev–Trinajstić information content (AvgIpc) is 2.82. The Hall–Kier alpha value is -2.16. The summed E-state index contributed by atoms with van der Waals surface area (Å²) in [7, 11) is -3.68. The Morgan fingerprint density at radius 1 is 1.28 bits per heavy atom. The second-order valence-electron chi connectivity index (χ2n) is 3.37. The first-order valence-corrected chi connectivity index (χ1v) is 6.67. The van der Waals surface area contributed by atoms with Crippen molar-refractivity contribution < 1.29 is 8.42 Å². The minimum atomic E-state index is -3.68. The van der Waals surface area contributed by atoms with Crippen LogP contribution in [-0.4, -0.2) is 35.1 Å². The molecule has 0 radical (unpaired) electrons. The monoisotopic (exact) mass is 268 g/mol. The highest BCUT2D eigenvalue weighted by Crippen LogP contribution is 2.13. The lowest BCUT2D eigenvalue weighted by Crippen LogP contribution is -2.13. The average molecular weight is 268 g/mol. The quantitative estimate of drug-likeness (QED) is 0.725. The predicted molar refractivity (Wildman–Crippen MR) is 65.6 cm³/mol. The molecule has 0 atom stereocenters. The second-order valence-corrected chi connectivity index (χ2v) is 5.05. The molecule has 0 aliphatic carbocycles. The summed E-state index contributed by atoms with van der Waals surface area (Å²) in [6, 6.07) is 0. The van der Waals surface area contributed by atoms with Crippen molar-refractivity contribution >= 4 is 21.7 Å². The lowest BCUT2D eigenvalue weighted by Gasteiger charge is -2.05. The van der Waals surface area contributed by atoms with Crippen molar-refractivity contribution in [3.8, 4) is 0 Å². The van der Waals surface area contributed by atoms with Gasteiger partial charge in [0.05, 0.1) is 24.3 Å². The predicted octanol–water partition coefficient (Wildman–Crippen LogP) is 0.432. The molecule has 0 amide bonds. The van der Waals surface area contributed by atoms with E-state index in [0.29, 0.717) is 18.2 Å². The van der Waals surface area contributed by atoms with Crippen LogP contribution in [0.3, 0.4) is 0 Å². The zero-order valence-electron chi connectivity index (χ0n) is 9.58. The third-order valence-corrected chi connectivity index (χ3v) is 3.36. The number of nitrogens with zero attached hydrogens (tertiary/aromatic N) is 3. The van der Waals surface area contributed by atoms with Crippen molar-refractivity contribution in [3.05, 3.63) is 24.8 Å². The number of aromatic nitrogens is 4. The molecule has 0 saturated heterocycles. The first-order valence-electron chi connectivity index (χ1n) is 5.19. The van der Waals surface area contributed by atoms with Crippen molar-refractivity contribution in [1.29, 1.82) is 0 Å². The van der Waals surface area contributed by atoms with Crippen molar-refractivity contribution in [2.24, 2.45) is 0 Å². The van der Waals surface area contributed by atoms with Crippen LogP contribution in [0.4, 0.5) is 11.6 Å². The van der Waals surface area contributed by atoms with Gasteiger partial charge in [0.2, 0.25) is 5.95 Å². The Labute approximate surface area is 104 Å². The third-order valence-electron chi connectivity index (χ3n) is 2.02. The zero-order chi connectivity index (χ0) is 13.0. The van der Waals surface area contributed by atoms with Gasteiger partial charge in [0.15, 0.2) is 0 Å². The highest BCUT2D eigenvalue weighted by Gasteiger charge is 2.15. The van der Waals surface area contributed by atoms with Gasteiger partial charge in [-0.15, -0.1) is 0 Å². The minimum Gasteiger partial charge on any atom is -0.355 e. The van der Waals surface area contributed by atoms with E-state index in [4.69, 9.17) is 0 Å². The topological polar surface area (TPSA) is 113 Å². The van der Waals surface area contributed by atoms with Crippen molar-refractivity contribution in [3.63, 3.8) is 0 Å². The molecule has 9 heteroatoms. The first-order chi connectivity index (χ1) is 8.62. The van der Waals surface area contributed by atoms with E-state index in [1.165, 1.54) is 24.8 Å². The number of aromatic amines is 1. The number of hydrogen-bond acceptors (Lipinski definition) is 6. The fraction of sp³-hybridized carbons (Fsp3) is 0.222. The molecule has 3 N–H and O–H groups in total. The Morgan fingerprint density at radius 3 is 2.56 bits per heavy atom. The molecule has 96 valence electrons. The Kier molecular flexibility index (Phi) is 3.42. The van der Waals surface area contributed by atoms with Crippen LogP contribution in [0, 0.1) is 0 Å². The van der Waals surface area contributed by atoms with E-state index in [1.54, 1.807) is 0 Å². The number of hydrogen-bond donors (Lipinski definition) is 3. The molecule has 8 nitrogen and oxygen atoms in total. The molecule has 2 rings (SSSR count). The maximum Gasteiger partial charge on any atom is 0.265 e. The van der Waals surface area contributed by atoms with E-state index in [9.17, 15) is 8.42 Å². The van der Waals surface area contributed by atoms with Crippen LogP contribution >= 0.6 is 0 Å². The van der Waals surface area contributed by atoms with E-state index >= 15 is 0 Å². The minimum absolute atomic E-state index is 0.00893. The van der Waals surface area contributed by atoms with Crippen molar-refractivity contribution in [2.75, 3.05) is 16.6 Å². The summed E-state index contributed by atoms with van der Waals surface area (Å²) in [4.78, 5) is 7.79. The highest BCUT2D eigenvalue weighted by atomic mass is 32.2. The van der Waals surface area contributed by atoms with E-state index in [-0.39, 0.29) is 4.90 Å². The molecule has 0 aromatic carbocycles. The largest absolute Gasteiger partial charge is 0.355 e. The van der Waals surface area contributed by atoms with Crippen LogP contribution in [0.5, 0.6) is 0 Å². The molecular formula is C9H12N6O2S. The van der Waals surface area contributed by atoms with E-state index < -0.39 is 10.0 Å². The number of anilines is 2. The molecule has 2 aromatic heterocycles. The van der Waals surface area contributed by atoms with Gasteiger partial charge < -0.3 is 5.32 Å². The molecular weight excluding hydrogens is 256 g/mol. The number of rotatable bonds is 5. The zero-order valence-corrected chi connectivity index (χ0v) is 10.4. The molecule has 2 heterocycles. The lowest BCUT2D eigenvalue weighted by atomic mass is 10.6. The molecule has 0 aliphatic rings. The van der Waals surface area contributed by atoms with Crippen LogP contribution in [0.15, 0.2) is 29.7 Å². The molecule has 0 saturated carbocycles. The first kappa shape index (κ1) is 12.3. The Bertz CT molecular complexity index is 592. The second kappa shape index (κ2) is 5.00. The summed E-state index contributed by atoms with van der Waals surface area (Å²) in [5.74, 6) is 0.389. The number of sulfonamides is 1.